The molecule has 0 saturated carbocycles. The highest BCUT2D eigenvalue weighted by Gasteiger charge is 2.12. The lowest BCUT2D eigenvalue weighted by atomic mass is 10.2. The Balaban J connectivity index is 2.48. The SMILES string of the molecule is CCC[C@H](N)C(=O)Nc1cnn(C)c1. The number of carbonyl (C=O) groups is 1. The predicted molar refractivity (Wildman–Crippen MR) is 54.7 cm³/mol. The number of anilines is 1. The normalized spacial score (nSPS) is 12.5. The Bertz CT molecular complexity index is 308. The maximum Gasteiger partial charge on any atom is 0.241 e. The van der Waals surface area contributed by atoms with E-state index in [9.17, 15) is 4.79 Å². The van der Waals surface area contributed by atoms with Crippen molar-refractivity contribution in [3.8, 4) is 0 Å². The Morgan fingerprint density at radius 3 is 3.00 bits per heavy atom. The number of nitrogens with zero attached hydrogens (tertiary/aromatic N) is 2. The molecule has 1 heterocycles. The van der Waals surface area contributed by atoms with Crippen molar-refractivity contribution in [1.82, 2.24) is 9.78 Å². The number of aryl methyl sites for hydroxylation is 1. The standard InChI is InChI=1S/C9H16N4O/c1-3-4-8(10)9(14)12-7-5-11-13(2)6-7/h5-6,8H,3-4,10H2,1-2H3,(H,12,14)/t8-/m0/s1. The van der Waals surface area contributed by atoms with E-state index in [4.69, 9.17) is 5.73 Å². The zero-order chi connectivity index (χ0) is 10.6. The van der Waals surface area contributed by atoms with E-state index in [1.54, 1.807) is 24.1 Å². The summed E-state index contributed by atoms with van der Waals surface area (Å²) >= 11 is 0. The maximum absolute atomic E-state index is 11.4. The van der Waals surface area contributed by atoms with Crippen molar-refractivity contribution >= 4 is 11.6 Å². The highest BCUT2D eigenvalue weighted by Crippen LogP contribution is 2.04. The van der Waals surface area contributed by atoms with Crippen molar-refractivity contribution in [2.45, 2.75) is 25.8 Å². The third-order valence-electron chi connectivity index (χ3n) is 1.91. The zero-order valence-corrected chi connectivity index (χ0v) is 8.53. The molecule has 5 nitrogen and oxygen atoms in total. The van der Waals surface area contributed by atoms with Gasteiger partial charge in [0.2, 0.25) is 5.91 Å². The molecule has 1 amide bonds. The van der Waals surface area contributed by atoms with Crippen molar-refractivity contribution in [1.29, 1.82) is 0 Å². The van der Waals surface area contributed by atoms with Gasteiger partial charge in [0.15, 0.2) is 0 Å². The quantitative estimate of drug-likeness (QED) is 0.736. The van der Waals surface area contributed by atoms with E-state index in [1.165, 1.54) is 0 Å². The Kier molecular flexibility index (Phi) is 3.64. The molecule has 0 spiro atoms. The van der Waals surface area contributed by atoms with Gasteiger partial charge in [0.25, 0.3) is 0 Å². The molecule has 0 aliphatic carbocycles. The van der Waals surface area contributed by atoms with Crippen molar-refractivity contribution in [3.63, 3.8) is 0 Å². The highest BCUT2D eigenvalue weighted by molar-refractivity contribution is 5.94. The molecule has 0 saturated heterocycles. The number of carbonyl (C=O) groups excluding carboxylic acids is 1. The molecule has 0 aromatic carbocycles. The van der Waals surface area contributed by atoms with Gasteiger partial charge in [-0.05, 0) is 6.42 Å². The average Bonchev–Trinajstić information content (AvgIpc) is 2.51. The summed E-state index contributed by atoms with van der Waals surface area (Å²) in [5, 5.41) is 6.64. The van der Waals surface area contributed by atoms with Gasteiger partial charge in [-0.1, -0.05) is 13.3 Å². The second-order valence-corrected chi connectivity index (χ2v) is 3.29. The molecule has 1 aromatic rings. The van der Waals surface area contributed by atoms with Crippen LogP contribution in [-0.2, 0) is 11.8 Å². The molecule has 3 N–H and O–H groups in total. The van der Waals surface area contributed by atoms with Crippen LogP contribution in [0, 0.1) is 0 Å². The van der Waals surface area contributed by atoms with Crippen LogP contribution < -0.4 is 11.1 Å². The average molecular weight is 196 g/mol. The number of nitrogens with two attached hydrogens (primary N) is 1. The molecule has 0 fully saturated rings. The Morgan fingerprint density at radius 2 is 2.50 bits per heavy atom. The largest absolute Gasteiger partial charge is 0.322 e. The first-order chi connectivity index (χ1) is 6.63. The van der Waals surface area contributed by atoms with Crippen LogP contribution in [0.3, 0.4) is 0 Å². The highest BCUT2D eigenvalue weighted by atomic mass is 16.2. The third kappa shape index (κ3) is 2.85. The van der Waals surface area contributed by atoms with Gasteiger partial charge in [-0.15, -0.1) is 0 Å². The van der Waals surface area contributed by atoms with Crippen molar-refractivity contribution < 1.29 is 4.79 Å². The lowest BCUT2D eigenvalue weighted by Crippen LogP contribution is -2.35. The Labute approximate surface area is 83.3 Å². The van der Waals surface area contributed by atoms with Gasteiger partial charge in [-0.25, -0.2) is 0 Å². The minimum Gasteiger partial charge on any atom is -0.322 e. The lowest BCUT2D eigenvalue weighted by molar-refractivity contribution is -0.117. The summed E-state index contributed by atoms with van der Waals surface area (Å²) in [6.45, 7) is 2.00. The molecule has 0 radical (unpaired) electrons. The Hall–Kier alpha value is -1.36. The fraction of sp³-hybridized carbons (Fsp3) is 0.556. The summed E-state index contributed by atoms with van der Waals surface area (Å²) in [5.74, 6) is -0.153. The molecule has 78 valence electrons. The van der Waals surface area contributed by atoms with Crippen LogP contribution in [0.1, 0.15) is 19.8 Å². The van der Waals surface area contributed by atoms with E-state index >= 15 is 0 Å². The van der Waals surface area contributed by atoms with Crippen LogP contribution in [0.25, 0.3) is 0 Å². The number of hydrogen-bond acceptors (Lipinski definition) is 3. The van der Waals surface area contributed by atoms with E-state index in [2.05, 4.69) is 10.4 Å². The van der Waals surface area contributed by atoms with Crippen LogP contribution in [0.5, 0.6) is 0 Å². The lowest BCUT2D eigenvalue weighted by Gasteiger charge is -2.09. The first kappa shape index (κ1) is 10.7. The fourth-order valence-corrected chi connectivity index (χ4v) is 1.16. The van der Waals surface area contributed by atoms with E-state index < -0.39 is 6.04 Å². The van der Waals surface area contributed by atoms with Gasteiger partial charge in [-0.2, -0.15) is 5.10 Å². The van der Waals surface area contributed by atoms with Crippen molar-refractivity contribution in [2.75, 3.05) is 5.32 Å². The van der Waals surface area contributed by atoms with Crippen LogP contribution in [0.15, 0.2) is 12.4 Å². The van der Waals surface area contributed by atoms with Gasteiger partial charge >= 0.3 is 0 Å². The number of aromatic nitrogens is 2. The first-order valence-corrected chi connectivity index (χ1v) is 4.68. The van der Waals surface area contributed by atoms with Crippen LogP contribution in [-0.4, -0.2) is 21.7 Å². The summed E-state index contributed by atoms with van der Waals surface area (Å²) in [5.41, 5.74) is 6.33. The molecule has 1 rings (SSSR count). The second-order valence-electron chi connectivity index (χ2n) is 3.29. The summed E-state index contributed by atoms with van der Waals surface area (Å²) in [4.78, 5) is 11.4. The molecule has 1 aromatic heterocycles. The number of nitrogens with one attached hydrogen (secondary N) is 1. The molecule has 14 heavy (non-hydrogen) atoms. The van der Waals surface area contributed by atoms with Gasteiger partial charge in [0, 0.05) is 13.2 Å². The van der Waals surface area contributed by atoms with Gasteiger partial charge in [0.1, 0.15) is 0 Å². The topological polar surface area (TPSA) is 72.9 Å². The Morgan fingerprint density at radius 1 is 1.79 bits per heavy atom. The van der Waals surface area contributed by atoms with Gasteiger partial charge in [-0.3, -0.25) is 9.48 Å². The van der Waals surface area contributed by atoms with Crippen LogP contribution in [0.2, 0.25) is 0 Å². The third-order valence-corrected chi connectivity index (χ3v) is 1.91. The molecule has 0 aliphatic heterocycles. The summed E-state index contributed by atoms with van der Waals surface area (Å²) in [6.07, 6.45) is 4.93. The minimum absolute atomic E-state index is 0.153. The van der Waals surface area contributed by atoms with Crippen LogP contribution in [0.4, 0.5) is 5.69 Å². The molecule has 5 heteroatoms. The summed E-state index contributed by atoms with van der Waals surface area (Å²) in [6, 6.07) is -0.430. The number of amides is 1. The van der Waals surface area contributed by atoms with E-state index in [0.717, 1.165) is 6.42 Å². The number of hydrogen-bond donors (Lipinski definition) is 2. The monoisotopic (exact) mass is 196 g/mol. The van der Waals surface area contributed by atoms with E-state index in [1.807, 2.05) is 6.92 Å². The second kappa shape index (κ2) is 4.76. The molecule has 1 atom stereocenters. The molecular weight excluding hydrogens is 180 g/mol. The number of rotatable bonds is 4. The smallest absolute Gasteiger partial charge is 0.241 e. The van der Waals surface area contributed by atoms with E-state index in [-0.39, 0.29) is 5.91 Å². The predicted octanol–water partition coefficient (Wildman–Crippen LogP) is 0.486. The van der Waals surface area contributed by atoms with Gasteiger partial charge in [0.05, 0.1) is 17.9 Å². The summed E-state index contributed by atoms with van der Waals surface area (Å²) in [7, 11) is 1.79. The van der Waals surface area contributed by atoms with Gasteiger partial charge < -0.3 is 11.1 Å². The van der Waals surface area contributed by atoms with Crippen molar-refractivity contribution in [3.05, 3.63) is 12.4 Å². The minimum atomic E-state index is -0.430. The maximum atomic E-state index is 11.4. The first-order valence-electron chi connectivity index (χ1n) is 4.68. The molecule has 0 bridgehead atoms. The summed E-state index contributed by atoms with van der Waals surface area (Å²) < 4.78 is 1.63. The van der Waals surface area contributed by atoms with Crippen molar-refractivity contribution in [2.24, 2.45) is 12.8 Å². The van der Waals surface area contributed by atoms with Crippen LogP contribution >= 0.6 is 0 Å². The van der Waals surface area contributed by atoms with E-state index in [0.29, 0.717) is 12.1 Å². The molecule has 0 aliphatic rings. The molecular formula is C9H16N4O. The zero-order valence-electron chi connectivity index (χ0n) is 8.53. The fourth-order valence-electron chi connectivity index (χ4n) is 1.16. The molecule has 0 unspecified atom stereocenters.